The van der Waals surface area contributed by atoms with Gasteiger partial charge in [0, 0.05) is 31.8 Å². The smallest absolute Gasteiger partial charge is 0.261 e. The summed E-state index contributed by atoms with van der Waals surface area (Å²) in [4.78, 5) is 38.3. The Balaban J connectivity index is 1.49. The standard InChI is InChI=1S/C21H29N3O3/c1-20(2)12-14(13-21(3,4)23-20)22-17(25)10-7-11-24-18(26)15-8-5-6-9-16(15)19(24)27/h5-6,8-9,14,23H,7,10-13H2,1-4H3,(H,22,25)/p+1. The molecule has 1 aromatic rings. The SMILES string of the molecule is CC1(C)CC(NC(=O)CCCN2C(=O)c3ccccc3C2=O)CC(C)(C)[NH2+]1. The van der Waals surface area contributed by atoms with Crippen molar-refractivity contribution < 1.29 is 19.7 Å². The Labute approximate surface area is 160 Å². The predicted molar refractivity (Wildman–Crippen MR) is 102 cm³/mol. The second-order valence-electron chi connectivity index (χ2n) is 9.21. The number of imide groups is 1. The highest BCUT2D eigenvalue weighted by atomic mass is 16.2. The molecule has 0 aliphatic carbocycles. The molecule has 0 bridgehead atoms. The average molecular weight is 372 g/mol. The van der Waals surface area contributed by atoms with Crippen LogP contribution in [0.25, 0.3) is 0 Å². The number of carbonyl (C=O) groups is 3. The number of nitrogens with one attached hydrogen (secondary N) is 1. The van der Waals surface area contributed by atoms with Gasteiger partial charge < -0.3 is 10.6 Å². The molecule has 2 aliphatic rings. The molecule has 0 unspecified atom stereocenters. The molecular formula is C21H30N3O3+. The Bertz CT molecular complexity index is 719. The fourth-order valence-electron chi connectivity index (χ4n) is 4.76. The van der Waals surface area contributed by atoms with E-state index in [1.165, 1.54) is 4.90 Å². The van der Waals surface area contributed by atoms with Crippen LogP contribution in [-0.2, 0) is 4.79 Å². The van der Waals surface area contributed by atoms with Crippen LogP contribution >= 0.6 is 0 Å². The molecular weight excluding hydrogens is 342 g/mol. The molecule has 6 nitrogen and oxygen atoms in total. The van der Waals surface area contributed by atoms with E-state index in [0.717, 1.165) is 12.8 Å². The topological polar surface area (TPSA) is 83.1 Å². The first-order valence-corrected chi connectivity index (χ1v) is 9.70. The predicted octanol–water partition coefficient (Wildman–Crippen LogP) is 1.46. The van der Waals surface area contributed by atoms with E-state index >= 15 is 0 Å². The van der Waals surface area contributed by atoms with Gasteiger partial charge in [0.15, 0.2) is 0 Å². The molecule has 0 atom stereocenters. The molecule has 3 N–H and O–H groups in total. The highest BCUT2D eigenvalue weighted by molar-refractivity contribution is 6.21. The summed E-state index contributed by atoms with van der Waals surface area (Å²) in [5.41, 5.74) is 1.10. The van der Waals surface area contributed by atoms with Crippen LogP contribution in [0.2, 0.25) is 0 Å². The molecule has 0 radical (unpaired) electrons. The van der Waals surface area contributed by atoms with Gasteiger partial charge in [-0.3, -0.25) is 19.3 Å². The summed E-state index contributed by atoms with van der Waals surface area (Å²) >= 11 is 0. The van der Waals surface area contributed by atoms with Gasteiger partial charge in [-0.05, 0) is 46.2 Å². The molecule has 3 amide bonds. The van der Waals surface area contributed by atoms with E-state index in [1.807, 2.05) is 0 Å². The minimum Gasteiger partial charge on any atom is -0.353 e. The summed E-state index contributed by atoms with van der Waals surface area (Å²) in [6.07, 6.45) is 2.65. The molecule has 146 valence electrons. The van der Waals surface area contributed by atoms with Gasteiger partial charge in [0.1, 0.15) is 0 Å². The highest BCUT2D eigenvalue weighted by Crippen LogP contribution is 2.23. The van der Waals surface area contributed by atoms with Gasteiger partial charge in [0.05, 0.1) is 22.2 Å². The van der Waals surface area contributed by atoms with E-state index in [2.05, 4.69) is 38.3 Å². The first-order chi connectivity index (χ1) is 12.6. The minimum atomic E-state index is -0.262. The van der Waals surface area contributed by atoms with Crippen molar-refractivity contribution in [3.05, 3.63) is 35.4 Å². The third kappa shape index (κ3) is 4.38. The lowest BCUT2D eigenvalue weighted by molar-refractivity contribution is -0.787. The number of quaternary nitrogens is 1. The second-order valence-corrected chi connectivity index (χ2v) is 9.21. The van der Waals surface area contributed by atoms with E-state index in [4.69, 9.17) is 0 Å². The van der Waals surface area contributed by atoms with E-state index in [0.29, 0.717) is 24.0 Å². The molecule has 6 heteroatoms. The highest BCUT2D eigenvalue weighted by Gasteiger charge is 2.42. The van der Waals surface area contributed by atoms with Crippen LogP contribution in [0.15, 0.2) is 24.3 Å². The number of amides is 3. The fraction of sp³-hybridized carbons (Fsp3) is 0.571. The van der Waals surface area contributed by atoms with Crippen LogP contribution in [0.3, 0.4) is 0 Å². The second kappa shape index (κ2) is 7.08. The first-order valence-electron chi connectivity index (χ1n) is 9.70. The van der Waals surface area contributed by atoms with E-state index in [1.54, 1.807) is 24.3 Å². The maximum absolute atomic E-state index is 12.4. The third-order valence-corrected chi connectivity index (χ3v) is 5.36. The number of nitrogens with two attached hydrogens (primary N) is 1. The normalized spacial score (nSPS) is 21.3. The number of rotatable bonds is 5. The van der Waals surface area contributed by atoms with Gasteiger partial charge in [0.25, 0.3) is 11.8 Å². The van der Waals surface area contributed by atoms with Crippen LogP contribution in [0.1, 0.15) is 74.1 Å². The van der Waals surface area contributed by atoms with E-state index in [-0.39, 0.29) is 41.4 Å². The molecule has 1 fully saturated rings. The van der Waals surface area contributed by atoms with Crippen LogP contribution < -0.4 is 10.6 Å². The molecule has 0 saturated carbocycles. The van der Waals surface area contributed by atoms with Crippen LogP contribution in [-0.4, -0.2) is 46.3 Å². The Morgan fingerprint density at radius 3 is 2.11 bits per heavy atom. The van der Waals surface area contributed by atoms with Crippen molar-refractivity contribution >= 4 is 17.7 Å². The summed E-state index contributed by atoms with van der Waals surface area (Å²) in [6, 6.07) is 7.02. The van der Waals surface area contributed by atoms with Crippen molar-refractivity contribution in [3.63, 3.8) is 0 Å². The third-order valence-electron chi connectivity index (χ3n) is 5.36. The average Bonchev–Trinajstić information content (AvgIpc) is 2.77. The summed E-state index contributed by atoms with van der Waals surface area (Å²) < 4.78 is 0. The largest absolute Gasteiger partial charge is 0.353 e. The lowest BCUT2D eigenvalue weighted by Gasteiger charge is -2.43. The van der Waals surface area contributed by atoms with Gasteiger partial charge in [-0.25, -0.2) is 0 Å². The molecule has 1 aromatic carbocycles. The van der Waals surface area contributed by atoms with Crippen molar-refractivity contribution in [1.29, 1.82) is 0 Å². The molecule has 27 heavy (non-hydrogen) atoms. The molecule has 0 spiro atoms. The van der Waals surface area contributed by atoms with Crippen molar-refractivity contribution in [3.8, 4) is 0 Å². The number of hydrogen-bond donors (Lipinski definition) is 2. The van der Waals surface area contributed by atoms with Gasteiger partial charge in [-0.1, -0.05) is 12.1 Å². The van der Waals surface area contributed by atoms with Crippen molar-refractivity contribution in [2.24, 2.45) is 0 Å². The maximum Gasteiger partial charge on any atom is 0.261 e. The van der Waals surface area contributed by atoms with Gasteiger partial charge >= 0.3 is 0 Å². The van der Waals surface area contributed by atoms with Gasteiger partial charge in [0.2, 0.25) is 5.91 Å². The Hall–Kier alpha value is -2.21. The lowest BCUT2D eigenvalue weighted by atomic mass is 9.79. The zero-order valence-corrected chi connectivity index (χ0v) is 16.7. The van der Waals surface area contributed by atoms with E-state index in [9.17, 15) is 14.4 Å². The first kappa shape index (κ1) is 19.5. The zero-order chi connectivity index (χ0) is 19.8. The molecule has 3 rings (SSSR count). The molecule has 0 aromatic heterocycles. The van der Waals surface area contributed by atoms with Gasteiger partial charge in [-0.2, -0.15) is 0 Å². The Morgan fingerprint density at radius 2 is 1.59 bits per heavy atom. The van der Waals surface area contributed by atoms with Crippen LogP contribution in [0, 0.1) is 0 Å². The summed E-state index contributed by atoms with van der Waals surface area (Å²) in [6.45, 7) is 9.09. The maximum atomic E-state index is 12.4. The van der Waals surface area contributed by atoms with E-state index < -0.39 is 0 Å². The van der Waals surface area contributed by atoms with Crippen molar-refractivity contribution in [1.82, 2.24) is 10.2 Å². The van der Waals surface area contributed by atoms with Gasteiger partial charge in [-0.15, -0.1) is 0 Å². The molecule has 2 heterocycles. The summed E-state index contributed by atoms with van der Waals surface area (Å²) in [5.74, 6) is -0.533. The number of carbonyl (C=O) groups excluding carboxylic acids is 3. The van der Waals surface area contributed by atoms with Crippen molar-refractivity contribution in [2.45, 2.75) is 70.5 Å². The zero-order valence-electron chi connectivity index (χ0n) is 16.7. The number of fused-ring (bicyclic) bond motifs is 1. The number of benzene rings is 1. The Morgan fingerprint density at radius 1 is 1.07 bits per heavy atom. The number of hydrogen-bond acceptors (Lipinski definition) is 3. The summed E-state index contributed by atoms with van der Waals surface area (Å²) in [5, 5.41) is 5.53. The quantitative estimate of drug-likeness (QED) is 0.768. The van der Waals surface area contributed by atoms with Crippen LogP contribution in [0.5, 0.6) is 0 Å². The molecule has 2 aliphatic heterocycles. The Kier molecular flexibility index (Phi) is 5.12. The monoisotopic (exact) mass is 372 g/mol. The number of nitrogens with zero attached hydrogens (tertiary/aromatic N) is 1. The molecule has 1 saturated heterocycles. The number of piperidine rings is 1. The lowest BCUT2D eigenvalue weighted by Crippen LogP contribution is -3.06. The summed E-state index contributed by atoms with van der Waals surface area (Å²) in [7, 11) is 0. The van der Waals surface area contributed by atoms with Crippen molar-refractivity contribution in [2.75, 3.05) is 6.54 Å². The fourth-order valence-corrected chi connectivity index (χ4v) is 4.76. The minimum absolute atomic E-state index is 0.00916. The van der Waals surface area contributed by atoms with Crippen LogP contribution in [0.4, 0.5) is 0 Å².